The molecule has 0 radical (unpaired) electrons. The molecule has 0 aromatic carbocycles. The first-order valence-corrected chi connectivity index (χ1v) is 10.1. The Morgan fingerprint density at radius 1 is 1.26 bits per heavy atom. The van der Waals surface area contributed by atoms with Crippen LogP contribution >= 0.6 is 11.8 Å². The lowest BCUT2D eigenvalue weighted by molar-refractivity contribution is 0.0938. The van der Waals surface area contributed by atoms with Crippen molar-refractivity contribution >= 4 is 34.5 Å². The van der Waals surface area contributed by atoms with Gasteiger partial charge in [-0.3, -0.25) is 4.79 Å². The molecule has 1 amide bonds. The van der Waals surface area contributed by atoms with Gasteiger partial charge in [0.2, 0.25) is 5.82 Å². The summed E-state index contributed by atoms with van der Waals surface area (Å²) in [5, 5.41) is 3.74. The maximum atomic E-state index is 12.7. The number of fused-ring (bicyclic) bond motifs is 1. The second-order valence-corrected chi connectivity index (χ2v) is 7.74. The molecule has 0 saturated carbocycles. The highest BCUT2D eigenvalue weighted by Gasteiger charge is 2.22. The van der Waals surface area contributed by atoms with E-state index in [4.69, 9.17) is 4.42 Å². The number of rotatable bonds is 4. The first kappa shape index (κ1) is 17.8. The topological polar surface area (TPSA) is 84.2 Å². The van der Waals surface area contributed by atoms with Crippen LogP contribution in [0.5, 0.6) is 0 Å². The molecule has 0 spiro atoms. The third-order valence-corrected chi connectivity index (χ3v) is 5.43. The molecule has 0 atom stereocenters. The van der Waals surface area contributed by atoms with Crippen molar-refractivity contribution in [3.8, 4) is 0 Å². The number of carbonyl (C=O) groups excluding carboxylic acids is 1. The second-order valence-electron chi connectivity index (χ2n) is 6.51. The molecule has 4 rings (SSSR count). The number of anilines is 1. The summed E-state index contributed by atoms with van der Waals surface area (Å²) in [7, 11) is 0. The van der Waals surface area contributed by atoms with Gasteiger partial charge in [0.15, 0.2) is 5.65 Å². The fraction of sp³-hybridized carbons (Fsp3) is 0.368. The number of furan rings is 1. The number of hydrogen-bond donors (Lipinski definition) is 1. The molecule has 3 aromatic rings. The Hall–Kier alpha value is -2.61. The molecule has 0 aliphatic carbocycles. The number of nitrogens with zero attached hydrogens (tertiary/aromatic N) is 4. The predicted octanol–water partition coefficient (Wildman–Crippen LogP) is 2.72. The van der Waals surface area contributed by atoms with E-state index in [0.717, 1.165) is 47.1 Å². The largest absolute Gasteiger partial charge is 0.467 e. The minimum Gasteiger partial charge on any atom is -0.467 e. The lowest BCUT2D eigenvalue weighted by Crippen LogP contribution is -2.34. The first-order chi connectivity index (χ1) is 13.1. The van der Waals surface area contributed by atoms with Gasteiger partial charge >= 0.3 is 0 Å². The Labute approximate surface area is 161 Å². The standard InChI is InChI=1S/C19H21N5O2S/c1-12-10-13(2)21-16-15(12)18(24-5-8-27-9-6-24)23-17(22-16)19(25)20-11-14-4-3-7-26-14/h3-4,7,10H,5-6,8-9,11H2,1-2H3,(H,20,25). The Kier molecular flexibility index (Phi) is 4.98. The zero-order chi connectivity index (χ0) is 18.8. The molecular formula is C19H21N5O2S. The SMILES string of the molecule is Cc1cc(C)c2c(N3CCSCC3)nc(C(=O)NCc3ccco3)nc2n1. The lowest BCUT2D eigenvalue weighted by Gasteiger charge is -2.28. The van der Waals surface area contributed by atoms with Crippen LogP contribution in [0.2, 0.25) is 0 Å². The molecule has 7 nitrogen and oxygen atoms in total. The lowest BCUT2D eigenvalue weighted by atomic mass is 10.1. The quantitative estimate of drug-likeness (QED) is 0.741. The van der Waals surface area contributed by atoms with Crippen molar-refractivity contribution in [2.45, 2.75) is 20.4 Å². The van der Waals surface area contributed by atoms with E-state index in [0.29, 0.717) is 18.0 Å². The number of pyridine rings is 1. The second kappa shape index (κ2) is 7.56. The molecule has 1 N–H and O–H groups in total. The van der Waals surface area contributed by atoms with Crippen LogP contribution in [0.4, 0.5) is 5.82 Å². The number of aromatic nitrogens is 3. The van der Waals surface area contributed by atoms with Gasteiger partial charge in [0, 0.05) is 30.3 Å². The highest BCUT2D eigenvalue weighted by molar-refractivity contribution is 7.99. The summed E-state index contributed by atoms with van der Waals surface area (Å²) in [4.78, 5) is 28.5. The average molecular weight is 383 g/mol. The van der Waals surface area contributed by atoms with E-state index in [-0.39, 0.29) is 11.7 Å². The van der Waals surface area contributed by atoms with E-state index in [1.54, 1.807) is 12.3 Å². The fourth-order valence-electron chi connectivity index (χ4n) is 3.22. The van der Waals surface area contributed by atoms with Crippen molar-refractivity contribution < 1.29 is 9.21 Å². The number of carbonyl (C=O) groups is 1. The fourth-order valence-corrected chi connectivity index (χ4v) is 4.12. The van der Waals surface area contributed by atoms with E-state index in [9.17, 15) is 4.79 Å². The van der Waals surface area contributed by atoms with Crippen LogP contribution in [0.25, 0.3) is 11.0 Å². The maximum absolute atomic E-state index is 12.7. The van der Waals surface area contributed by atoms with E-state index in [1.807, 2.05) is 37.7 Å². The minimum absolute atomic E-state index is 0.139. The summed E-state index contributed by atoms with van der Waals surface area (Å²) in [6.45, 7) is 6.07. The summed E-state index contributed by atoms with van der Waals surface area (Å²) >= 11 is 1.93. The van der Waals surface area contributed by atoms with Crippen LogP contribution in [0.15, 0.2) is 28.9 Å². The molecule has 1 fully saturated rings. The molecule has 0 bridgehead atoms. The third kappa shape index (κ3) is 3.75. The number of hydrogen-bond acceptors (Lipinski definition) is 7. The summed E-state index contributed by atoms with van der Waals surface area (Å²) < 4.78 is 5.26. The Balaban J connectivity index is 1.73. The van der Waals surface area contributed by atoms with Crippen molar-refractivity contribution in [3.63, 3.8) is 0 Å². The van der Waals surface area contributed by atoms with Crippen LogP contribution in [0.1, 0.15) is 27.6 Å². The van der Waals surface area contributed by atoms with Gasteiger partial charge in [-0.05, 0) is 37.6 Å². The van der Waals surface area contributed by atoms with Gasteiger partial charge in [0.25, 0.3) is 5.91 Å². The molecule has 3 aromatic heterocycles. The van der Waals surface area contributed by atoms with Crippen LogP contribution in [0, 0.1) is 13.8 Å². The van der Waals surface area contributed by atoms with Crippen molar-refractivity contribution in [1.82, 2.24) is 20.3 Å². The Morgan fingerprint density at radius 3 is 2.81 bits per heavy atom. The van der Waals surface area contributed by atoms with Gasteiger partial charge in [-0.25, -0.2) is 15.0 Å². The first-order valence-electron chi connectivity index (χ1n) is 8.91. The molecule has 4 heterocycles. The molecule has 0 unspecified atom stereocenters. The van der Waals surface area contributed by atoms with E-state index < -0.39 is 0 Å². The number of thioether (sulfide) groups is 1. The highest BCUT2D eigenvalue weighted by Crippen LogP contribution is 2.28. The molecule has 1 saturated heterocycles. The van der Waals surface area contributed by atoms with Gasteiger partial charge in [-0.15, -0.1) is 0 Å². The molecule has 140 valence electrons. The zero-order valence-corrected chi connectivity index (χ0v) is 16.2. The monoisotopic (exact) mass is 383 g/mol. The summed E-state index contributed by atoms with van der Waals surface area (Å²) in [5.74, 6) is 3.38. The molecule has 1 aliphatic rings. The molecule has 1 aliphatic heterocycles. The van der Waals surface area contributed by atoms with Gasteiger partial charge in [0.1, 0.15) is 11.6 Å². The summed E-state index contributed by atoms with van der Waals surface area (Å²) in [5.41, 5.74) is 2.52. The van der Waals surface area contributed by atoms with Gasteiger partial charge in [-0.1, -0.05) is 0 Å². The van der Waals surface area contributed by atoms with Crippen LogP contribution < -0.4 is 10.2 Å². The number of nitrogens with one attached hydrogen (secondary N) is 1. The Bertz CT molecular complexity index is 968. The Morgan fingerprint density at radius 2 is 2.07 bits per heavy atom. The number of amides is 1. The van der Waals surface area contributed by atoms with Crippen molar-refractivity contribution in [3.05, 3.63) is 47.3 Å². The van der Waals surface area contributed by atoms with E-state index in [1.165, 1.54) is 0 Å². The molecule has 27 heavy (non-hydrogen) atoms. The maximum Gasteiger partial charge on any atom is 0.289 e. The summed E-state index contributed by atoms with van der Waals surface area (Å²) in [6, 6.07) is 5.63. The van der Waals surface area contributed by atoms with Crippen molar-refractivity contribution in [1.29, 1.82) is 0 Å². The molecule has 8 heteroatoms. The average Bonchev–Trinajstić information content (AvgIpc) is 3.19. The highest BCUT2D eigenvalue weighted by atomic mass is 32.2. The summed E-state index contributed by atoms with van der Waals surface area (Å²) in [6.07, 6.45) is 1.58. The minimum atomic E-state index is -0.332. The van der Waals surface area contributed by atoms with E-state index in [2.05, 4.69) is 25.2 Å². The van der Waals surface area contributed by atoms with E-state index >= 15 is 0 Å². The predicted molar refractivity (Wildman–Crippen MR) is 106 cm³/mol. The van der Waals surface area contributed by atoms with Crippen LogP contribution in [-0.2, 0) is 6.54 Å². The number of aryl methyl sites for hydroxylation is 2. The zero-order valence-electron chi connectivity index (χ0n) is 15.4. The van der Waals surface area contributed by atoms with Gasteiger partial charge < -0.3 is 14.6 Å². The van der Waals surface area contributed by atoms with Gasteiger partial charge in [-0.2, -0.15) is 11.8 Å². The van der Waals surface area contributed by atoms with Crippen molar-refractivity contribution in [2.75, 3.05) is 29.5 Å². The van der Waals surface area contributed by atoms with Crippen LogP contribution in [0.3, 0.4) is 0 Å². The van der Waals surface area contributed by atoms with Gasteiger partial charge in [0.05, 0.1) is 18.2 Å². The normalized spacial score (nSPS) is 14.5. The van der Waals surface area contributed by atoms with Crippen LogP contribution in [-0.4, -0.2) is 45.5 Å². The third-order valence-electron chi connectivity index (χ3n) is 4.49. The smallest absolute Gasteiger partial charge is 0.289 e. The molecular weight excluding hydrogens is 362 g/mol. The van der Waals surface area contributed by atoms with Crippen molar-refractivity contribution in [2.24, 2.45) is 0 Å².